The minimum absolute atomic E-state index is 0.110. The van der Waals surface area contributed by atoms with Gasteiger partial charge in [0.25, 0.3) is 15.5 Å². The third-order valence-corrected chi connectivity index (χ3v) is 3.72. The van der Waals surface area contributed by atoms with Crippen molar-refractivity contribution in [3.8, 4) is 0 Å². The number of rotatable bonds is 5. The predicted octanol–water partition coefficient (Wildman–Crippen LogP) is 1.26. The molecule has 112 valence electrons. The van der Waals surface area contributed by atoms with Crippen molar-refractivity contribution in [3.63, 3.8) is 0 Å². The largest absolute Gasteiger partial charge is 0.501 e. The number of halogens is 3. The summed E-state index contributed by atoms with van der Waals surface area (Å²) in [5.41, 5.74) is -1.22. The highest BCUT2D eigenvalue weighted by Gasteiger charge is 2.47. The second-order valence-corrected chi connectivity index (χ2v) is 5.54. The number of sulfone groups is 1. The molecule has 0 spiro atoms. The molecule has 0 aromatic heterocycles. The van der Waals surface area contributed by atoms with Crippen LogP contribution in [0.4, 0.5) is 24.5 Å². The zero-order chi connectivity index (χ0) is 15.6. The monoisotopic (exact) mass is 313 g/mol. The van der Waals surface area contributed by atoms with E-state index in [1.54, 1.807) is 0 Å². The smallest absolute Gasteiger partial charge is 0.378 e. The Bertz CT molecular complexity index is 615. The van der Waals surface area contributed by atoms with E-state index in [1.807, 2.05) is 0 Å². The number of benzene rings is 1. The minimum Gasteiger partial charge on any atom is -0.378 e. The molecule has 0 saturated heterocycles. The molecule has 0 fully saturated rings. The van der Waals surface area contributed by atoms with Crippen molar-refractivity contribution in [1.29, 1.82) is 0 Å². The summed E-state index contributed by atoms with van der Waals surface area (Å²) in [6, 6.07) is 1.91. The summed E-state index contributed by atoms with van der Waals surface area (Å²) in [4.78, 5) is 8.61. The molecule has 0 bridgehead atoms. The Hall–Kier alpha value is -1.88. The Balaban J connectivity index is 3.35. The van der Waals surface area contributed by atoms with Crippen LogP contribution in [0.25, 0.3) is 0 Å². The van der Waals surface area contributed by atoms with Gasteiger partial charge in [0, 0.05) is 19.2 Å². The van der Waals surface area contributed by atoms with Crippen molar-refractivity contribution in [3.05, 3.63) is 28.3 Å². The number of nitrogens with one attached hydrogen (secondary N) is 1. The van der Waals surface area contributed by atoms with Crippen molar-refractivity contribution in [1.82, 2.24) is 0 Å². The Morgan fingerprint density at radius 3 is 2.40 bits per heavy atom. The molecule has 3 N–H and O–H groups in total. The van der Waals surface area contributed by atoms with Crippen LogP contribution in [0.5, 0.6) is 0 Å². The first-order valence-corrected chi connectivity index (χ1v) is 6.63. The summed E-state index contributed by atoms with van der Waals surface area (Å²) in [7, 11) is -5.63. The molecule has 20 heavy (non-hydrogen) atoms. The molecule has 1 aromatic carbocycles. The third kappa shape index (κ3) is 3.17. The summed E-state index contributed by atoms with van der Waals surface area (Å²) >= 11 is 0. The van der Waals surface area contributed by atoms with Crippen molar-refractivity contribution in [2.24, 2.45) is 5.73 Å². The fourth-order valence-electron chi connectivity index (χ4n) is 1.32. The van der Waals surface area contributed by atoms with E-state index in [4.69, 9.17) is 5.73 Å². The molecule has 0 unspecified atom stereocenters. The number of alkyl halides is 3. The van der Waals surface area contributed by atoms with Gasteiger partial charge in [-0.25, -0.2) is 8.42 Å². The van der Waals surface area contributed by atoms with Crippen LogP contribution in [0.1, 0.15) is 0 Å². The molecule has 0 saturated carbocycles. The highest BCUT2D eigenvalue weighted by atomic mass is 32.2. The Labute approximate surface area is 111 Å². The first-order chi connectivity index (χ1) is 9.11. The van der Waals surface area contributed by atoms with Crippen LogP contribution in [0.2, 0.25) is 0 Å². The van der Waals surface area contributed by atoms with Crippen LogP contribution in [0, 0.1) is 10.1 Å². The van der Waals surface area contributed by atoms with Crippen molar-refractivity contribution in [2.45, 2.75) is 10.4 Å². The first kappa shape index (κ1) is 16.2. The first-order valence-electron chi connectivity index (χ1n) is 5.15. The van der Waals surface area contributed by atoms with E-state index in [0.717, 1.165) is 6.07 Å². The average molecular weight is 313 g/mol. The SMILES string of the molecule is NCCNc1ccc(S(=O)(=O)C(F)(F)F)cc1[N+](=O)[O-]. The van der Waals surface area contributed by atoms with Gasteiger partial charge in [-0.2, -0.15) is 13.2 Å². The topological polar surface area (TPSA) is 115 Å². The van der Waals surface area contributed by atoms with Crippen LogP contribution in [0.3, 0.4) is 0 Å². The molecular weight excluding hydrogens is 303 g/mol. The highest BCUT2D eigenvalue weighted by Crippen LogP contribution is 2.34. The number of anilines is 1. The lowest BCUT2D eigenvalue weighted by atomic mass is 10.2. The van der Waals surface area contributed by atoms with E-state index in [0.29, 0.717) is 12.1 Å². The number of nitro benzene ring substituents is 1. The molecule has 1 aromatic rings. The number of nitrogens with zero attached hydrogens (tertiary/aromatic N) is 1. The molecule has 0 radical (unpaired) electrons. The van der Waals surface area contributed by atoms with Crippen LogP contribution in [-0.4, -0.2) is 31.9 Å². The van der Waals surface area contributed by atoms with Crippen molar-refractivity contribution < 1.29 is 26.5 Å². The second kappa shape index (κ2) is 5.63. The molecule has 7 nitrogen and oxygen atoms in total. The van der Waals surface area contributed by atoms with Crippen LogP contribution >= 0.6 is 0 Å². The highest BCUT2D eigenvalue weighted by molar-refractivity contribution is 7.92. The molecule has 11 heteroatoms. The van der Waals surface area contributed by atoms with Gasteiger partial charge in [-0.05, 0) is 12.1 Å². The third-order valence-electron chi connectivity index (χ3n) is 2.24. The lowest BCUT2D eigenvalue weighted by Crippen LogP contribution is -2.23. The van der Waals surface area contributed by atoms with E-state index in [-0.39, 0.29) is 18.8 Å². The molecule has 0 aliphatic rings. The minimum atomic E-state index is -5.63. The predicted molar refractivity (Wildman–Crippen MR) is 63.9 cm³/mol. The average Bonchev–Trinajstić information content (AvgIpc) is 2.34. The van der Waals surface area contributed by atoms with Crippen molar-refractivity contribution in [2.75, 3.05) is 18.4 Å². The number of nitro groups is 1. The lowest BCUT2D eigenvalue weighted by Gasteiger charge is -2.10. The molecule has 0 aliphatic heterocycles. The van der Waals surface area contributed by atoms with Gasteiger partial charge in [0.2, 0.25) is 0 Å². The molecule has 0 aliphatic carbocycles. The van der Waals surface area contributed by atoms with Crippen LogP contribution < -0.4 is 11.1 Å². The summed E-state index contributed by atoms with van der Waals surface area (Å²) in [6.45, 7) is 0.284. The van der Waals surface area contributed by atoms with Gasteiger partial charge < -0.3 is 11.1 Å². The maximum Gasteiger partial charge on any atom is 0.501 e. The number of hydrogen-bond donors (Lipinski definition) is 2. The second-order valence-electron chi connectivity index (χ2n) is 3.60. The Morgan fingerprint density at radius 1 is 1.35 bits per heavy atom. The molecule has 0 heterocycles. The molecular formula is C9H10F3N3O4S. The molecule has 0 amide bonds. The zero-order valence-electron chi connectivity index (χ0n) is 9.85. The fourth-order valence-corrected chi connectivity index (χ4v) is 2.10. The van der Waals surface area contributed by atoms with Gasteiger partial charge in [-0.3, -0.25) is 10.1 Å². The maximum absolute atomic E-state index is 12.4. The quantitative estimate of drug-likeness (QED) is 0.624. The molecule has 1 rings (SSSR count). The van der Waals surface area contributed by atoms with E-state index in [1.165, 1.54) is 0 Å². The Kier molecular flexibility index (Phi) is 4.55. The van der Waals surface area contributed by atoms with Gasteiger partial charge in [-0.15, -0.1) is 0 Å². The number of nitrogens with two attached hydrogens (primary N) is 1. The van der Waals surface area contributed by atoms with Crippen LogP contribution in [-0.2, 0) is 9.84 Å². The lowest BCUT2D eigenvalue weighted by molar-refractivity contribution is -0.384. The van der Waals surface area contributed by atoms with Gasteiger partial charge in [0.05, 0.1) is 9.82 Å². The fraction of sp³-hybridized carbons (Fsp3) is 0.333. The van der Waals surface area contributed by atoms with Crippen LogP contribution in [0.15, 0.2) is 23.1 Å². The standard InChI is InChI=1S/C9H10F3N3O4S/c10-9(11,12)20(18,19)6-1-2-7(14-4-3-13)8(5-6)15(16)17/h1-2,5,14H,3-4,13H2. The Morgan fingerprint density at radius 2 is 1.95 bits per heavy atom. The number of hydrogen-bond acceptors (Lipinski definition) is 6. The van der Waals surface area contributed by atoms with E-state index >= 15 is 0 Å². The molecule has 0 atom stereocenters. The maximum atomic E-state index is 12.4. The normalized spacial score (nSPS) is 12.2. The van der Waals surface area contributed by atoms with Gasteiger partial charge in [0.15, 0.2) is 0 Å². The summed E-state index contributed by atoms with van der Waals surface area (Å²) in [5.74, 6) is 0. The summed E-state index contributed by atoms with van der Waals surface area (Å²) in [6.07, 6.45) is 0. The van der Waals surface area contributed by atoms with Crippen molar-refractivity contribution >= 4 is 21.2 Å². The summed E-state index contributed by atoms with van der Waals surface area (Å²) in [5, 5.41) is 13.3. The van der Waals surface area contributed by atoms with Gasteiger partial charge in [0.1, 0.15) is 5.69 Å². The summed E-state index contributed by atoms with van der Waals surface area (Å²) < 4.78 is 59.4. The zero-order valence-corrected chi connectivity index (χ0v) is 10.7. The van der Waals surface area contributed by atoms with E-state index < -0.39 is 30.9 Å². The van der Waals surface area contributed by atoms with E-state index in [9.17, 15) is 31.7 Å². The van der Waals surface area contributed by atoms with Gasteiger partial charge in [-0.1, -0.05) is 0 Å². The van der Waals surface area contributed by atoms with E-state index in [2.05, 4.69) is 5.32 Å². The van der Waals surface area contributed by atoms with Gasteiger partial charge >= 0.3 is 5.51 Å².